The Labute approximate surface area is 223 Å². The van der Waals surface area contributed by atoms with Crippen LogP contribution in [0.5, 0.6) is 0 Å². The van der Waals surface area contributed by atoms with Gasteiger partial charge in [0.1, 0.15) is 10.5 Å². The van der Waals surface area contributed by atoms with Crippen molar-refractivity contribution in [3.05, 3.63) is 5.73 Å². The fourth-order valence-corrected chi connectivity index (χ4v) is 6.20. The largest absolute Gasteiger partial charge is 0.675 e. The van der Waals surface area contributed by atoms with E-state index in [-0.39, 0.29) is 23.0 Å². The van der Waals surface area contributed by atoms with Gasteiger partial charge >= 0.3 is 17.9 Å². The molecule has 0 amide bonds. The van der Waals surface area contributed by atoms with Gasteiger partial charge in [-0.15, -0.1) is 29.6 Å². The molecule has 0 bridgehead atoms. The van der Waals surface area contributed by atoms with Gasteiger partial charge in [0.05, 0.1) is 13.0 Å². The standard InChI is InChI=1S/C10H21N2.2C7H12O4S/c1-9(2)4-8(12)5-10(3,6-9)7-11;2*1-4(2)12-5(7(10)11)3-6(8)9/h8,12H,4-7,11H2,1-3H3;2*4-5H,3H2,1-2H3,(H,8,9)(H,10,11)/q-1;;. The zero-order valence-corrected chi connectivity index (χ0v) is 24.2. The van der Waals surface area contributed by atoms with Crippen LogP contribution < -0.4 is 10.8 Å². The molecule has 36 heavy (non-hydrogen) atoms. The molecule has 1 fully saturated rings. The minimum Gasteiger partial charge on any atom is -0.675 e. The van der Waals surface area contributed by atoms with Gasteiger partial charge in [0.2, 0.25) is 0 Å². The Balaban J connectivity index is 0. The minimum atomic E-state index is -1.32. The van der Waals surface area contributed by atoms with E-state index in [9.17, 15) is 24.3 Å². The highest BCUT2D eigenvalue weighted by atomic mass is 32.2. The van der Waals surface area contributed by atoms with Gasteiger partial charge < -0.3 is 36.7 Å². The molecule has 0 aromatic heterocycles. The van der Waals surface area contributed by atoms with Gasteiger partial charge in [0, 0.05) is 17.8 Å². The first-order valence-corrected chi connectivity index (χ1v) is 13.8. The van der Waals surface area contributed by atoms with E-state index < -0.39 is 40.8 Å². The fourth-order valence-electron chi connectivity index (χ4n) is 4.18. The Bertz CT molecular complexity index is 678. The predicted octanol–water partition coefficient (Wildman–Crippen LogP) is 2.64. The summed E-state index contributed by atoms with van der Waals surface area (Å²) in [6.45, 7) is 15.1. The lowest BCUT2D eigenvalue weighted by Crippen LogP contribution is -2.59. The van der Waals surface area contributed by atoms with Gasteiger partial charge in [-0.1, -0.05) is 61.3 Å². The molecule has 7 N–H and O–H groups in total. The molecule has 10 nitrogen and oxygen atoms in total. The molecule has 212 valence electrons. The quantitative estimate of drug-likeness (QED) is 0.294. The molecule has 1 aliphatic carbocycles. The number of quaternary nitrogens is 1. The van der Waals surface area contributed by atoms with Crippen molar-refractivity contribution in [3.63, 3.8) is 0 Å². The lowest BCUT2D eigenvalue weighted by atomic mass is 9.63. The number of rotatable bonds is 11. The van der Waals surface area contributed by atoms with Crippen LogP contribution in [0.4, 0.5) is 0 Å². The minimum absolute atomic E-state index is 0.102. The zero-order valence-electron chi connectivity index (χ0n) is 22.5. The number of thioether (sulfide) groups is 2. The molecular weight excluding hydrogens is 508 g/mol. The Morgan fingerprint density at radius 2 is 1.33 bits per heavy atom. The van der Waals surface area contributed by atoms with Crippen molar-refractivity contribution in [3.8, 4) is 0 Å². The van der Waals surface area contributed by atoms with Crippen molar-refractivity contribution >= 4 is 47.4 Å². The van der Waals surface area contributed by atoms with Gasteiger partial charge in [-0.2, -0.15) is 0 Å². The third-order valence-electron chi connectivity index (χ3n) is 5.18. The van der Waals surface area contributed by atoms with Gasteiger partial charge in [-0.3, -0.25) is 14.4 Å². The number of carboxylic acids is 4. The molecular formula is C24H45N2O8S2-. The Morgan fingerprint density at radius 1 is 0.917 bits per heavy atom. The van der Waals surface area contributed by atoms with E-state index in [0.29, 0.717) is 10.8 Å². The summed E-state index contributed by atoms with van der Waals surface area (Å²) in [4.78, 5) is 41.3. The highest BCUT2D eigenvalue weighted by Gasteiger charge is 2.38. The molecule has 0 aromatic carbocycles. The predicted molar refractivity (Wildman–Crippen MR) is 142 cm³/mol. The highest BCUT2D eigenvalue weighted by Crippen LogP contribution is 2.45. The molecule has 4 unspecified atom stereocenters. The summed E-state index contributed by atoms with van der Waals surface area (Å²) in [6, 6.07) is 0.139. The number of hydrogen-bond acceptors (Lipinski definition) is 7. The molecule has 0 saturated heterocycles. The monoisotopic (exact) mass is 553 g/mol. The summed E-state index contributed by atoms with van der Waals surface area (Å²) in [5.41, 5.74) is 12.5. The average molecular weight is 554 g/mol. The third kappa shape index (κ3) is 18.7. The van der Waals surface area contributed by atoms with E-state index in [2.05, 4.69) is 26.5 Å². The van der Waals surface area contributed by atoms with Gasteiger partial charge in [0.15, 0.2) is 0 Å². The Kier molecular flexibility index (Phi) is 17.4. The van der Waals surface area contributed by atoms with Crippen LogP contribution in [0.2, 0.25) is 0 Å². The number of aliphatic carboxylic acids is 4. The van der Waals surface area contributed by atoms with Crippen LogP contribution in [0, 0.1) is 10.8 Å². The summed E-state index contributed by atoms with van der Waals surface area (Å²) >= 11 is 2.27. The molecule has 1 rings (SSSR count). The van der Waals surface area contributed by atoms with Crippen LogP contribution in [0.25, 0.3) is 5.73 Å². The van der Waals surface area contributed by atoms with Gasteiger partial charge in [-0.25, -0.2) is 0 Å². The molecule has 0 spiro atoms. The normalized spacial score (nSPS) is 22.4. The molecule has 1 saturated carbocycles. The smallest absolute Gasteiger partial charge is 0.317 e. The van der Waals surface area contributed by atoms with Crippen LogP contribution in [-0.4, -0.2) is 72.8 Å². The molecule has 0 radical (unpaired) electrons. The van der Waals surface area contributed by atoms with Crippen LogP contribution >= 0.6 is 23.5 Å². The van der Waals surface area contributed by atoms with Crippen molar-refractivity contribution in [2.45, 2.75) is 108 Å². The Hall–Kier alpha value is -1.50. The van der Waals surface area contributed by atoms with Crippen molar-refractivity contribution in [2.75, 3.05) is 6.54 Å². The van der Waals surface area contributed by atoms with Crippen molar-refractivity contribution < 1.29 is 45.3 Å². The first-order valence-electron chi connectivity index (χ1n) is 11.9. The summed E-state index contributed by atoms with van der Waals surface area (Å²) in [5.74, 6) is -4.56. The van der Waals surface area contributed by atoms with Crippen LogP contribution in [0.15, 0.2) is 0 Å². The number of nitrogens with one attached hydrogen (secondary N) is 1. The first-order chi connectivity index (χ1) is 16.2. The number of carbonyl (C=O) groups is 4. The van der Waals surface area contributed by atoms with E-state index in [1.165, 1.54) is 6.42 Å². The number of carboxylic acid groups (broad SMARTS) is 4. The molecule has 0 aromatic rings. The van der Waals surface area contributed by atoms with E-state index in [1.807, 2.05) is 27.7 Å². The van der Waals surface area contributed by atoms with E-state index >= 15 is 0 Å². The lowest BCUT2D eigenvalue weighted by molar-refractivity contribution is -0.395. The van der Waals surface area contributed by atoms with E-state index in [0.717, 1.165) is 42.9 Å². The average Bonchev–Trinajstić information content (AvgIpc) is 2.64. The van der Waals surface area contributed by atoms with Crippen LogP contribution in [0.1, 0.15) is 80.6 Å². The summed E-state index contributed by atoms with van der Waals surface area (Å²) in [5, 5.41) is 34.1. The second-order valence-electron chi connectivity index (χ2n) is 10.7. The molecule has 4 atom stereocenters. The first kappa shape index (κ1) is 36.7. The highest BCUT2D eigenvalue weighted by molar-refractivity contribution is 8.01. The number of carbonyl (C=O) groups excluding carboxylic acids is 1. The van der Waals surface area contributed by atoms with Crippen molar-refractivity contribution in [1.29, 1.82) is 0 Å². The molecule has 1 aliphatic rings. The fraction of sp³-hybridized carbons (Fsp3) is 0.833. The molecule has 12 heteroatoms. The topological polar surface area (TPSA) is 203 Å². The van der Waals surface area contributed by atoms with Gasteiger partial charge in [-0.05, 0) is 22.3 Å². The van der Waals surface area contributed by atoms with E-state index in [4.69, 9.17) is 21.1 Å². The summed E-state index contributed by atoms with van der Waals surface area (Å²) in [7, 11) is 0. The lowest BCUT2D eigenvalue weighted by Gasteiger charge is -2.47. The second kappa shape index (κ2) is 17.1. The third-order valence-corrected chi connectivity index (χ3v) is 7.67. The maximum absolute atomic E-state index is 10.5. The Morgan fingerprint density at radius 3 is 1.61 bits per heavy atom. The number of hydrogen-bond donors (Lipinski definition) is 4. The van der Waals surface area contributed by atoms with Crippen molar-refractivity contribution in [2.24, 2.45) is 10.8 Å². The van der Waals surface area contributed by atoms with E-state index in [1.54, 1.807) is 0 Å². The maximum Gasteiger partial charge on any atom is 0.317 e. The molecule has 0 heterocycles. The van der Waals surface area contributed by atoms with Gasteiger partial charge in [0.25, 0.3) is 0 Å². The zero-order chi connectivity index (χ0) is 28.9. The maximum atomic E-state index is 10.5. The summed E-state index contributed by atoms with van der Waals surface area (Å²) < 4.78 is 0. The molecule has 0 aliphatic heterocycles. The van der Waals surface area contributed by atoms with Crippen LogP contribution in [0.3, 0.4) is 0 Å². The second-order valence-corrected chi connectivity index (χ2v) is 14.3. The van der Waals surface area contributed by atoms with Crippen LogP contribution in [-0.2, 0) is 19.2 Å². The SMILES string of the molecule is CC(C)SC(CC(=O)O)C(=O)O.CC(C)SC(CC(=O)[O-])C(=O)O.CC1(C)CC([NH-])CC(C)(C[NH3+])C1. The van der Waals surface area contributed by atoms with Crippen molar-refractivity contribution in [1.82, 2.24) is 0 Å². The summed E-state index contributed by atoms with van der Waals surface area (Å²) in [6.07, 6.45) is 2.58.